The highest BCUT2D eigenvalue weighted by Gasteiger charge is 2.78. The quantitative estimate of drug-likeness (QED) is 0.685. The summed E-state index contributed by atoms with van der Waals surface area (Å²) < 4.78 is 7.04. The first-order valence-electron chi connectivity index (χ1n) is 10.5. The summed E-state index contributed by atoms with van der Waals surface area (Å²) in [4.78, 5) is 2.59. The van der Waals surface area contributed by atoms with Gasteiger partial charge in [-0.2, -0.15) is 0 Å². The second kappa shape index (κ2) is 6.27. The van der Waals surface area contributed by atoms with Crippen molar-refractivity contribution in [3.8, 4) is 0 Å². The van der Waals surface area contributed by atoms with E-state index >= 15 is 0 Å². The standard InChI is InChI=1S/C26H25NO2/c28-22-16-25(20-12-6-2-7-13-20)23-24(27(23)18-19-10-4-1-5-11-19)26(17-22,29-25)21-14-8-3-9-15-21/h1-15,22-24,28H,16-18H2/t22?,23-,24+,25-,26+,27?. The smallest absolute Gasteiger partial charge is 0.114 e. The highest BCUT2D eigenvalue weighted by Crippen LogP contribution is 2.68. The molecule has 2 unspecified atom stereocenters. The van der Waals surface area contributed by atoms with Crippen molar-refractivity contribution >= 4 is 0 Å². The fourth-order valence-corrected chi connectivity index (χ4v) is 5.99. The van der Waals surface area contributed by atoms with Crippen LogP contribution in [0, 0.1) is 0 Å². The number of fused-ring (bicyclic) bond motifs is 5. The molecule has 146 valence electrons. The number of benzene rings is 3. The van der Waals surface area contributed by atoms with Gasteiger partial charge < -0.3 is 9.84 Å². The molecule has 1 N–H and O–H groups in total. The summed E-state index contributed by atoms with van der Waals surface area (Å²) in [5.74, 6) is 0. The van der Waals surface area contributed by atoms with Crippen LogP contribution < -0.4 is 0 Å². The first-order chi connectivity index (χ1) is 14.2. The van der Waals surface area contributed by atoms with Crippen LogP contribution in [0.2, 0.25) is 0 Å². The molecular weight excluding hydrogens is 358 g/mol. The van der Waals surface area contributed by atoms with Crippen LogP contribution in [0.3, 0.4) is 0 Å². The van der Waals surface area contributed by atoms with Gasteiger partial charge in [-0.15, -0.1) is 0 Å². The van der Waals surface area contributed by atoms with Crippen molar-refractivity contribution in [1.29, 1.82) is 0 Å². The van der Waals surface area contributed by atoms with Crippen LogP contribution in [-0.2, 0) is 22.5 Å². The van der Waals surface area contributed by atoms with Gasteiger partial charge in [-0.1, -0.05) is 91.0 Å². The number of ether oxygens (including phenoxy) is 1. The minimum absolute atomic E-state index is 0.280. The number of likely N-dealkylation sites (tertiary alicyclic amines) is 1. The van der Waals surface area contributed by atoms with Crippen molar-refractivity contribution in [1.82, 2.24) is 4.90 Å². The topological polar surface area (TPSA) is 32.5 Å². The van der Waals surface area contributed by atoms with Crippen molar-refractivity contribution in [3.05, 3.63) is 108 Å². The molecule has 3 saturated heterocycles. The van der Waals surface area contributed by atoms with Crippen molar-refractivity contribution in [3.63, 3.8) is 0 Å². The van der Waals surface area contributed by atoms with E-state index in [4.69, 9.17) is 4.74 Å². The molecule has 2 bridgehead atoms. The monoisotopic (exact) mass is 383 g/mol. The molecule has 0 amide bonds. The second-order valence-corrected chi connectivity index (χ2v) is 8.72. The summed E-state index contributed by atoms with van der Waals surface area (Å²) >= 11 is 0. The number of morpholine rings is 1. The molecule has 3 fully saturated rings. The molecule has 3 nitrogen and oxygen atoms in total. The van der Waals surface area contributed by atoms with Gasteiger partial charge in [0.15, 0.2) is 0 Å². The molecule has 0 aromatic heterocycles. The molecule has 3 heterocycles. The van der Waals surface area contributed by atoms with Crippen LogP contribution in [0.15, 0.2) is 91.0 Å². The van der Waals surface area contributed by atoms with E-state index in [1.54, 1.807) is 0 Å². The molecule has 3 heteroatoms. The van der Waals surface area contributed by atoms with Crippen LogP contribution in [-0.4, -0.2) is 28.2 Å². The van der Waals surface area contributed by atoms with Gasteiger partial charge in [0.2, 0.25) is 0 Å². The lowest BCUT2D eigenvalue weighted by Crippen LogP contribution is -2.51. The van der Waals surface area contributed by atoms with Gasteiger partial charge in [0.05, 0.1) is 18.2 Å². The third-order valence-corrected chi connectivity index (χ3v) is 7.05. The average Bonchev–Trinajstić information content (AvgIpc) is 3.44. The van der Waals surface area contributed by atoms with E-state index in [-0.39, 0.29) is 18.2 Å². The Morgan fingerprint density at radius 2 is 1.17 bits per heavy atom. The average molecular weight is 383 g/mol. The van der Waals surface area contributed by atoms with E-state index in [0.29, 0.717) is 12.8 Å². The van der Waals surface area contributed by atoms with E-state index < -0.39 is 11.2 Å². The molecular formula is C26H25NO2. The summed E-state index contributed by atoms with van der Waals surface area (Å²) in [5.41, 5.74) is 2.76. The van der Waals surface area contributed by atoms with Crippen molar-refractivity contribution in [2.24, 2.45) is 0 Å². The molecule has 3 aliphatic rings. The maximum Gasteiger partial charge on any atom is 0.114 e. The lowest BCUT2D eigenvalue weighted by molar-refractivity contribution is -0.213. The Morgan fingerprint density at radius 1 is 0.724 bits per heavy atom. The maximum absolute atomic E-state index is 11.0. The van der Waals surface area contributed by atoms with Crippen LogP contribution in [0.4, 0.5) is 0 Å². The molecule has 6 atom stereocenters. The molecule has 0 spiro atoms. The van der Waals surface area contributed by atoms with Crippen LogP contribution in [0.1, 0.15) is 29.5 Å². The Bertz CT molecular complexity index is 947. The molecule has 0 aliphatic carbocycles. The predicted octanol–water partition coefficient (Wildman–Crippen LogP) is 4.22. The third kappa shape index (κ3) is 2.48. The summed E-state index contributed by atoms with van der Waals surface area (Å²) in [6, 6.07) is 32.3. The minimum Gasteiger partial charge on any atom is -0.393 e. The van der Waals surface area contributed by atoms with Crippen LogP contribution in [0.5, 0.6) is 0 Å². The highest BCUT2D eigenvalue weighted by molar-refractivity contribution is 5.43. The van der Waals surface area contributed by atoms with E-state index in [2.05, 4.69) is 83.8 Å². The van der Waals surface area contributed by atoms with Gasteiger partial charge in [0.25, 0.3) is 0 Å². The lowest BCUT2D eigenvalue weighted by atomic mass is 9.81. The zero-order valence-electron chi connectivity index (χ0n) is 16.3. The predicted molar refractivity (Wildman–Crippen MR) is 112 cm³/mol. The largest absolute Gasteiger partial charge is 0.393 e. The molecule has 0 saturated carbocycles. The normalized spacial score (nSPS) is 37.1. The minimum atomic E-state index is -0.464. The highest BCUT2D eigenvalue weighted by atomic mass is 16.5. The van der Waals surface area contributed by atoms with Gasteiger partial charge in [0.1, 0.15) is 11.2 Å². The van der Waals surface area contributed by atoms with Gasteiger partial charge in [0, 0.05) is 19.4 Å². The summed E-state index contributed by atoms with van der Waals surface area (Å²) in [6.45, 7) is 0.915. The maximum atomic E-state index is 11.0. The molecule has 3 aromatic rings. The first-order valence-corrected chi connectivity index (χ1v) is 10.5. The Labute approximate surface area is 171 Å². The first kappa shape index (κ1) is 17.4. The van der Waals surface area contributed by atoms with Crippen molar-refractivity contribution in [2.45, 2.75) is 48.8 Å². The van der Waals surface area contributed by atoms with Crippen LogP contribution in [0.25, 0.3) is 0 Å². The Kier molecular flexibility index (Phi) is 3.76. The number of rotatable bonds is 4. The number of hydrogen-bond donors (Lipinski definition) is 1. The van der Waals surface area contributed by atoms with E-state index in [1.807, 2.05) is 12.1 Å². The molecule has 6 rings (SSSR count). The number of aliphatic hydroxyl groups excluding tert-OH is 1. The van der Waals surface area contributed by atoms with Gasteiger partial charge in [-0.25, -0.2) is 0 Å². The van der Waals surface area contributed by atoms with E-state index in [9.17, 15) is 5.11 Å². The Hall–Kier alpha value is -2.46. The zero-order valence-corrected chi connectivity index (χ0v) is 16.3. The van der Waals surface area contributed by atoms with Gasteiger partial charge >= 0.3 is 0 Å². The third-order valence-electron chi connectivity index (χ3n) is 7.05. The summed E-state index contributed by atoms with van der Waals surface area (Å²) in [5, 5.41) is 11.0. The summed E-state index contributed by atoms with van der Waals surface area (Å²) in [6.07, 6.45) is 0.936. The van der Waals surface area contributed by atoms with Crippen molar-refractivity contribution in [2.75, 3.05) is 0 Å². The van der Waals surface area contributed by atoms with E-state index in [0.717, 1.165) is 6.54 Å². The SMILES string of the molecule is OC1C[C@@]2(c3ccccc3)O[C@@](c3ccccc3)(C1)[C@H]1[C@@H]2N1Cc1ccccc1. The fraction of sp³-hybridized carbons (Fsp3) is 0.308. The van der Waals surface area contributed by atoms with Gasteiger partial charge in [-0.05, 0) is 16.7 Å². The Balaban J connectivity index is 1.48. The van der Waals surface area contributed by atoms with Crippen LogP contribution >= 0.6 is 0 Å². The van der Waals surface area contributed by atoms with Gasteiger partial charge in [-0.3, -0.25) is 4.90 Å². The van der Waals surface area contributed by atoms with E-state index in [1.165, 1.54) is 16.7 Å². The Morgan fingerprint density at radius 3 is 1.66 bits per heavy atom. The molecule has 3 aliphatic heterocycles. The number of nitrogens with zero attached hydrogens (tertiary/aromatic N) is 1. The second-order valence-electron chi connectivity index (χ2n) is 8.72. The molecule has 29 heavy (non-hydrogen) atoms. The lowest BCUT2D eigenvalue weighted by Gasteiger charge is -2.47. The fourth-order valence-electron chi connectivity index (χ4n) is 5.99. The molecule has 0 radical (unpaired) electrons. The number of hydrogen-bond acceptors (Lipinski definition) is 3. The molecule has 3 aromatic carbocycles. The zero-order chi connectivity index (χ0) is 19.5. The summed E-state index contributed by atoms with van der Waals surface area (Å²) in [7, 11) is 0. The number of aliphatic hydroxyl groups is 1. The van der Waals surface area contributed by atoms with Crippen molar-refractivity contribution < 1.29 is 9.84 Å².